The van der Waals surface area contributed by atoms with E-state index in [4.69, 9.17) is 0 Å². The number of aliphatic hydroxyl groups is 1. The van der Waals surface area contributed by atoms with Crippen LogP contribution in [-0.2, 0) is 11.2 Å². The van der Waals surface area contributed by atoms with Gasteiger partial charge in [-0.25, -0.2) is 0 Å². The minimum Gasteiger partial charge on any atom is -0.392 e. The fourth-order valence-electron chi connectivity index (χ4n) is 2.47. The topological polar surface area (TPSA) is 43.8 Å². The molecule has 1 unspecified atom stereocenters. The van der Waals surface area contributed by atoms with Crippen molar-refractivity contribution in [2.45, 2.75) is 19.4 Å². The average molecular weight is 341 g/mol. The Balaban J connectivity index is 1.85. The summed E-state index contributed by atoms with van der Waals surface area (Å²) in [5.74, 6) is 0.175. The molecule has 110 valence electrons. The Morgan fingerprint density at radius 3 is 2.55 bits per heavy atom. The number of rotatable bonds is 4. The molecule has 0 spiro atoms. The van der Waals surface area contributed by atoms with Crippen LogP contribution in [0.3, 0.4) is 0 Å². The van der Waals surface area contributed by atoms with Crippen LogP contribution in [0.2, 0.25) is 0 Å². The molecule has 1 heterocycles. The van der Waals surface area contributed by atoms with E-state index < -0.39 is 0 Å². The Labute approximate surface area is 128 Å². The SMILES string of the molecule is CC(O)CN1CCN(C(=O)Cc2ccccc2Br)CC1. The number of piperazine rings is 1. The van der Waals surface area contributed by atoms with Crippen LogP contribution >= 0.6 is 15.9 Å². The Morgan fingerprint density at radius 2 is 1.95 bits per heavy atom. The van der Waals surface area contributed by atoms with Crippen LogP contribution in [0.4, 0.5) is 0 Å². The second kappa shape index (κ2) is 7.20. The number of carbonyl (C=O) groups excluding carboxylic acids is 1. The quantitative estimate of drug-likeness (QED) is 0.903. The lowest BCUT2D eigenvalue weighted by Gasteiger charge is -2.35. The first-order valence-electron chi connectivity index (χ1n) is 6.98. The number of nitrogens with zero attached hydrogens (tertiary/aromatic N) is 2. The van der Waals surface area contributed by atoms with Crippen molar-refractivity contribution < 1.29 is 9.90 Å². The minimum atomic E-state index is -0.308. The molecular formula is C15H21BrN2O2. The number of β-amino-alcohol motifs (C(OH)–C–C–N with tert-alkyl or cyclic N) is 1. The van der Waals surface area contributed by atoms with Gasteiger partial charge in [-0.05, 0) is 18.6 Å². The summed E-state index contributed by atoms with van der Waals surface area (Å²) < 4.78 is 0.987. The lowest BCUT2D eigenvalue weighted by atomic mass is 10.1. The van der Waals surface area contributed by atoms with E-state index in [0.717, 1.165) is 36.2 Å². The van der Waals surface area contributed by atoms with Crippen LogP contribution in [0.1, 0.15) is 12.5 Å². The Hall–Kier alpha value is -0.910. The normalized spacial score (nSPS) is 18.1. The fourth-order valence-corrected chi connectivity index (χ4v) is 2.89. The maximum atomic E-state index is 12.3. The number of hydrogen-bond acceptors (Lipinski definition) is 3. The summed E-state index contributed by atoms with van der Waals surface area (Å²) in [6.45, 7) is 5.65. The van der Waals surface area contributed by atoms with Gasteiger partial charge in [0.25, 0.3) is 0 Å². The number of carbonyl (C=O) groups is 1. The molecule has 1 aromatic carbocycles. The van der Waals surface area contributed by atoms with Gasteiger partial charge >= 0.3 is 0 Å². The van der Waals surface area contributed by atoms with Crippen molar-refractivity contribution in [3.63, 3.8) is 0 Å². The van der Waals surface area contributed by atoms with Crippen LogP contribution in [0.5, 0.6) is 0 Å². The lowest BCUT2D eigenvalue weighted by molar-refractivity contribution is -0.132. The minimum absolute atomic E-state index is 0.175. The third-order valence-corrected chi connectivity index (χ3v) is 4.32. The maximum Gasteiger partial charge on any atom is 0.227 e. The molecule has 20 heavy (non-hydrogen) atoms. The summed E-state index contributed by atoms with van der Waals surface area (Å²) in [6, 6.07) is 7.84. The molecule has 0 saturated carbocycles. The van der Waals surface area contributed by atoms with Crippen molar-refractivity contribution >= 4 is 21.8 Å². The predicted molar refractivity (Wildman–Crippen MR) is 82.5 cm³/mol. The monoisotopic (exact) mass is 340 g/mol. The van der Waals surface area contributed by atoms with Crippen LogP contribution in [0, 0.1) is 0 Å². The van der Waals surface area contributed by atoms with E-state index in [0.29, 0.717) is 13.0 Å². The molecule has 0 radical (unpaired) electrons. The largest absolute Gasteiger partial charge is 0.392 e. The van der Waals surface area contributed by atoms with Crippen LogP contribution in [0.25, 0.3) is 0 Å². The van der Waals surface area contributed by atoms with Gasteiger partial charge in [0, 0.05) is 37.2 Å². The van der Waals surface area contributed by atoms with Gasteiger partial charge in [-0.1, -0.05) is 34.1 Å². The molecule has 5 heteroatoms. The van der Waals surface area contributed by atoms with Crippen molar-refractivity contribution in [3.05, 3.63) is 34.3 Å². The third kappa shape index (κ3) is 4.30. The second-order valence-corrected chi connectivity index (χ2v) is 6.15. The van der Waals surface area contributed by atoms with E-state index in [1.54, 1.807) is 6.92 Å². The number of amides is 1. The summed E-state index contributed by atoms with van der Waals surface area (Å²) >= 11 is 3.48. The van der Waals surface area contributed by atoms with Crippen molar-refractivity contribution in [3.8, 4) is 0 Å². The maximum absolute atomic E-state index is 12.3. The van der Waals surface area contributed by atoms with E-state index in [9.17, 15) is 9.90 Å². The first-order chi connectivity index (χ1) is 9.56. The molecular weight excluding hydrogens is 320 g/mol. The first kappa shape index (κ1) is 15.5. The third-order valence-electron chi connectivity index (χ3n) is 3.55. The summed E-state index contributed by atoms with van der Waals surface area (Å²) in [4.78, 5) is 16.4. The van der Waals surface area contributed by atoms with E-state index in [1.807, 2.05) is 29.2 Å². The highest BCUT2D eigenvalue weighted by Crippen LogP contribution is 2.17. The molecule has 1 aromatic rings. The van der Waals surface area contributed by atoms with Gasteiger partial charge in [0.05, 0.1) is 12.5 Å². The smallest absolute Gasteiger partial charge is 0.227 e. The zero-order valence-electron chi connectivity index (χ0n) is 11.8. The zero-order chi connectivity index (χ0) is 14.5. The van der Waals surface area contributed by atoms with Crippen LogP contribution in [-0.4, -0.2) is 59.6 Å². The van der Waals surface area contributed by atoms with Crippen molar-refractivity contribution in [2.75, 3.05) is 32.7 Å². The van der Waals surface area contributed by atoms with Crippen molar-refractivity contribution in [2.24, 2.45) is 0 Å². The van der Waals surface area contributed by atoms with Crippen LogP contribution in [0.15, 0.2) is 28.7 Å². The van der Waals surface area contributed by atoms with Gasteiger partial charge in [0.2, 0.25) is 5.91 Å². The molecule has 1 aliphatic rings. The number of halogens is 1. The predicted octanol–water partition coefficient (Wildman–Crippen LogP) is 1.52. The first-order valence-corrected chi connectivity index (χ1v) is 7.77. The molecule has 0 bridgehead atoms. The molecule has 1 aliphatic heterocycles. The summed E-state index contributed by atoms with van der Waals surface area (Å²) in [6.07, 6.45) is 0.134. The zero-order valence-corrected chi connectivity index (χ0v) is 13.3. The highest BCUT2D eigenvalue weighted by Gasteiger charge is 2.22. The summed E-state index contributed by atoms with van der Waals surface area (Å²) in [5, 5.41) is 9.38. The Kier molecular flexibility index (Phi) is 5.57. The second-order valence-electron chi connectivity index (χ2n) is 5.30. The van der Waals surface area contributed by atoms with E-state index >= 15 is 0 Å². The molecule has 4 nitrogen and oxygen atoms in total. The molecule has 2 rings (SSSR count). The molecule has 1 fully saturated rings. The van der Waals surface area contributed by atoms with Gasteiger partial charge in [0.15, 0.2) is 0 Å². The van der Waals surface area contributed by atoms with E-state index in [-0.39, 0.29) is 12.0 Å². The Morgan fingerprint density at radius 1 is 1.30 bits per heavy atom. The van der Waals surface area contributed by atoms with E-state index in [1.165, 1.54) is 0 Å². The molecule has 0 aromatic heterocycles. The highest BCUT2D eigenvalue weighted by atomic mass is 79.9. The molecule has 0 aliphatic carbocycles. The van der Waals surface area contributed by atoms with Crippen molar-refractivity contribution in [1.82, 2.24) is 9.80 Å². The van der Waals surface area contributed by atoms with E-state index in [2.05, 4.69) is 20.8 Å². The average Bonchev–Trinajstić information content (AvgIpc) is 2.41. The van der Waals surface area contributed by atoms with Gasteiger partial charge in [-0.3, -0.25) is 9.69 Å². The van der Waals surface area contributed by atoms with Gasteiger partial charge in [-0.2, -0.15) is 0 Å². The van der Waals surface area contributed by atoms with Crippen molar-refractivity contribution in [1.29, 1.82) is 0 Å². The Bertz CT molecular complexity index is 457. The molecule has 1 saturated heterocycles. The molecule has 1 N–H and O–H groups in total. The summed E-state index contributed by atoms with van der Waals surface area (Å²) in [5.41, 5.74) is 1.03. The fraction of sp³-hybridized carbons (Fsp3) is 0.533. The van der Waals surface area contributed by atoms with Crippen LogP contribution < -0.4 is 0 Å². The summed E-state index contributed by atoms with van der Waals surface area (Å²) in [7, 11) is 0. The standard InChI is InChI=1S/C15H21BrN2O2/c1-12(19)11-17-6-8-18(9-7-17)15(20)10-13-4-2-3-5-14(13)16/h2-5,12,19H,6-11H2,1H3. The molecule has 1 amide bonds. The van der Waals surface area contributed by atoms with Gasteiger partial charge < -0.3 is 10.0 Å². The molecule has 1 atom stereocenters. The lowest BCUT2D eigenvalue weighted by Crippen LogP contribution is -2.50. The number of aliphatic hydroxyl groups excluding tert-OH is 1. The number of hydrogen-bond donors (Lipinski definition) is 1. The highest BCUT2D eigenvalue weighted by molar-refractivity contribution is 9.10. The van der Waals surface area contributed by atoms with Gasteiger partial charge in [-0.15, -0.1) is 0 Å². The number of benzene rings is 1. The van der Waals surface area contributed by atoms with Gasteiger partial charge in [0.1, 0.15) is 0 Å².